The van der Waals surface area contributed by atoms with Crippen LogP contribution in [-0.2, 0) is 10.0 Å². The SMILES string of the molecule is CC(C)c1cnnn1-c1cccc(NS(=O)(=O)c2cccs2)c1. The van der Waals surface area contributed by atoms with Gasteiger partial charge in [-0.15, -0.1) is 16.4 Å². The molecule has 8 heteroatoms. The molecule has 0 saturated heterocycles. The molecular formula is C15H16N4O2S2. The van der Waals surface area contributed by atoms with E-state index in [1.807, 2.05) is 6.07 Å². The Morgan fingerprint density at radius 3 is 2.74 bits per heavy atom. The molecule has 0 fully saturated rings. The van der Waals surface area contributed by atoms with Crippen LogP contribution in [0.2, 0.25) is 0 Å². The Morgan fingerprint density at radius 1 is 1.22 bits per heavy atom. The lowest BCUT2D eigenvalue weighted by atomic mass is 10.1. The second-order valence-electron chi connectivity index (χ2n) is 5.31. The molecule has 0 saturated carbocycles. The first-order valence-corrected chi connectivity index (χ1v) is 9.41. The van der Waals surface area contributed by atoms with Crippen molar-refractivity contribution >= 4 is 27.0 Å². The zero-order chi connectivity index (χ0) is 16.4. The molecule has 0 amide bonds. The molecule has 0 aliphatic heterocycles. The molecule has 0 radical (unpaired) electrons. The highest BCUT2D eigenvalue weighted by molar-refractivity contribution is 7.94. The van der Waals surface area contributed by atoms with E-state index in [-0.39, 0.29) is 10.1 Å². The third-order valence-corrected chi connectivity index (χ3v) is 6.05. The first-order chi connectivity index (χ1) is 11.0. The van der Waals surface area contributed by atoms with Crippen LogP contribution in [0.25, 0.3) is 5.69 Å². The van der Waals surface area contributed by atoms with Crippen molar-refractivity contribution in [3.05, 3.63) is 53.7 Å². The summed E-state index contributed by atoms with van der Waals surface area (Å²) in [6.45, 7) is 4.11. The molecule has 6 nitrogen and oxygen atoms in total. The van der Waals surface area contributed by atoms with Gasteiger partial charge in [-0.25, -0.2) is 13.1 Å². The van der Waals surface area contributed by atoms with E-state index in [2.05, 4.69) is 28.9 Å². The van der Waals surface area contributed by atoms with Crippen LogP contribution in [0, 0.1) is 0 Å². The largest absolute Gasteiger partial charge is 0.279 e. The van der Waals surface area contributed by atoms with Crippen molar-refractivity contribution in [3.8, 4) is 5.69 Å². The van der Waals surface area contributed by atoms with Crippen LogP contribution in [0.1, 0.15) is 25.5 Å². The molecule has 3 aromatic rings. The van der Waals surface area contributed by atoms with Crippen molar-refractivity contribution in [2.45, 2.75) is 24.0 Å². The number of benzene rings is 1. The first-order valence-electron chi connectivity index (χ1n) is 7.05. The molecule has 0 unspecified atom stereocenters. The minimum Gasteiger partial charge on any atom is -0.279 e. The molecule has 1 N–H and O–H groups in total. The van der Waals surface area contributed by atoms with Crippen molar-refractivity contribution < 1.29 is 8.42 Å². The van der Waals surface area contributed by atoms with E-state index >= 15 is 0 Å². The highest BCUT2D eigenvalue weighted by Gasteiger charge is 2.16. The summed E-state index contributed by atoms with van der Waals surface area (Å²) in [6.07, 6.45) is 1.72. The molecule has 0 aliphatic rings. The number of sulfonamides is 1. The second kappa shape index (κ2) is 6.13. The lowest BCUT2D eigenvalue weighted by molar-refractivity contribution is 0.603. The maximum Gasteiger partial charge on any atom is 0.271 e. The molecule has 0 spiro atoms. The lowest BCUT2D eigenvalue weighted by Crippen LogP contribution is -2.12. The highest BCUT2D eigenvalue weighted by atomic mass is 32.2. The van der Waals surface area contributed by atoms with Gasteiger partial charge in [0.1, 0.15) is 4.21 Å². The van der Waals surface area contributed by atoms with Crippen LogP contribution in [0.15, 0.2) is 52.2 Å². The van der Waals surface area contributed by atoms with Crippen LogP contribution in [0.3, 0.4) is 0 Å². The summed E-state index contributed by atoms with van der Waals surface area (Å²) in [7, 11) is -3.56. The number of nitrogens with one attached hydrogen (secondary N) is 1. The zero-order valence-corrected chi connectivity index (χ0v) is 14.3. The number of hydrogen-bond donors (Lipinski definition) is 1. The van der Waals surface area contributed by atoms with Gasteiger partial charge in [0.05, 0.1) is 23.3 Å². The third-order valence-electron chi connectivity index (χ3n) is 3.27. The van der Waals surface area contributed by atoms with E-state index in [1.165, 1.54) is 11.3 Å². The Kier molecular flexibility index (Phi) is 4.18. The Hall–Kier alpha value is -2.19. The van der Waals surface area contributed by atoms with Crippen molar-refractivity contribution in [3.63, 3.8) is 0 Å². The Morgan fingerprint density at radius 2 is 2.04 bits per heavy atom. The molecule has 2 heterocycles. The molecule has 0 bridgehead atoms. The van der Waals surface area contributed by atoms with Gasteiger partial charge in [0.2, 0.25) is 0 Å². The van der Waals surface area contributed by atoms with Gasteiger partial charge in [-0.2, -0.15) is 0 Å². The summed E-state index contributed by atoms with van der Waals surface area (Å²) in [5.74, 6) is 0.261. The monoisotopic (exact) mass is 348 g/mol. The van der Waals surface area contributed by atoms with Gasteiger partial charge in [0.15, 0.2) is 0 Å². The summed E-state index contributed by atoms with van der Waals surface area (Å²) in [4.78, 5) is 0. The van der Waals surface area contributed by atoms with Crippen LogP contribution in [0.4, 0.5) is 5.69 Å². The van der Waals surface area contributed by atoms with E-state index in [1.54, 1.807) is 46.6 Å². The first kappa shape index (κ1) is 15.7. The molecule has 120 valence electrons. The molecule has 3 rings (SSSR count). The van der Waals surface area contributed by atoms with E-state index in [9.17, 15) is 8.42 Å². The fourth-order valence-corrected chi connectivity index (χ4v) is 4.20. The van der Waals surface area contributed by atoms with Crippen LogP contribution in [0.5, 0.6) is 0 Å². The summed E-state index contributed by atoms with van der Waals surface area (Å²) < 4.78 is 29.2. The second-order valence-corrected chi connectivity index (χ2v) is 8.17. The summed E-state index contributed by atoms with van der Waals surface area (Å²) >= 11 is 1.18. The van der Waals surface area contributed by atoms with E-state index in [0.717, 1.165) is 11.4 Å². The Bertz CT molecular complexity index is 899. The Labute approximate surface area is 138 Å². The topological polar surface area (TPSA) is 76.9 Å². The minimum absolute atomic E-state index is 0.261. The van der Waals surface area contributed by atoms with Crippen molar-refractivity contribution in [2.75, 3.05) is 4.72 Å². The smallest absolute Gasteiger partial charge is 0.271 e. The van der Waals surface area contributed by atoms with Crippen molar-refractivity contribution in [2.24, 2.45) is 0 Å². The van der Waals surface area contributed by atoms with Crippen molar-refractivity contribution in [1.82, 2.24) is 15.0 Å². The van der Waals surface area contributed by atoms with E-state index < -0.39 is 10.0 Å². The predicted octanol–water partition coefficient (Wildman–Crippen LogP) is 3.25. The number of hydrogen-bond acceptors (Lipinski definition) is 5. The van der Waals surface area contributed by atoms with E-state index in [0.29, 0.717) is 5.69 Å². The van der Waals surface area contributed by atoms with Gasteiger partial charge in [-0.3, -0.25) is 4.72 Å². The number of thiophene rings is 1. The minimum atomic E-state index is -3.56. The van der Waals surface area contributed by atoms with Crippen molar-refractivity contribution in [1.29, 1.82) is 0 Å². The Balaban J connectivity index is 1.93. The third kappa shape index (κ3) is 3.27. The number of aromatic nitrogens is 3. The van der Waals surface area contributed by atoms with Gasteiger partial charge in [-0.05, 0) is 35.6 Å². The lowest BCUT2D eigenvalue weighted by Gasteiger charge is -2.11. The van der Waals surface area contributed by atoms with E-state index in [4.69, 9.17) is 0 Å². The fraction of sp³-hybridized carbons (Fsp3) is 0.200. The van der Waals surface area contributed by atoms with Crippen LogP contribution >= 0.6 is 11.3 Å². The maximum atomic E-state index is 12.3. The number of nitrogens with zero attached hydrogens (tertiary/aromatic N) is 3. The number of rotatable bonds is 5. The van der Waals surface area contributed by atoms with Gasteiger partial charge in [0, 0.05) is 0 Å². The van der Waals surface area contributed by atoms with Gasteiger partial charge >= 0.3 is 0 Å². The maximum absolute atomic E-state index is 12.3. The van der Waals surface area contributed by atoms with Gasteiger partial charge in [0.25, 0.3) is 10.0 Å². The molecule has 23 heavy (non-hydrogen) atoms. The summed E-state index contributed by atoms with van der Waals surface area (Å²) in [6, 6.07) is 10.4. The van der Waals surface area contributed by atoms with Gasteiger partial charge in [-0.1, -0.05) is 31.2 Å². The highest BCUT2D eigenvalue weighted by Crippen LogP contribution is 2.23. The molecule has 1 aromatic carbocycles. The average molecular weight is 348 g/mol. The summed E-state index contributed by atoms with van der Waals surface area (Å²) in [5.41, 5.74) is 2.21. The zero-order valence-electron chi connectivity index (χ0n) is 12.7. The van der Waals surface area contributed by atoms with Gasteiger partial charge < -0.3 is 0 Å². The molecule has 2 aromatic heterocycles. The predicted molar refractivity (Wildman–Crippen MR) is 90.6 cm³/mol. The summed E-state index contributed by atoms with van der Waals surface area (Å²) in [5, 5.41) is 9.76. The molecular weight excluding hydrogens is 332 g/mol. The normalized spacial score (nSPS) is 11.8. The van der Waals surface area contributed by atoms with Crippen LogP contribution in [-0.4, -0.2) is 23.4 Å². The quantitative estimate of drug-likeness (QED) is 0.768. The fourth-order valence-electron chi connectivity index (χ4n) is 2.16. The standard InChI is InChI=1S/C15H16N4O2S2/c1-11(2)14-10-16-18-19(14)13-6-3-5-12(9-13)17-23(20,21)15-7-4-8-22-15/h3-11,17H,1-2H3. The molecule has 0 atom stereocenters. The number of anilines is 1. The average Bonchev–Trinajstić information content (AvgIpc) is 3.19. The molecule has 0 aliphatic carbocycles. The van der Waals surface area contributed by atoms with Crippen LogP contribution < -0.4 is 4.72 Å².